The number of hydrazine groups is 1. The van der Waals surface area contributed by atoms with Gasteiger partial charge in [-0.1, -0.05) is 32.9 Å². The predicted octanol–water partition coefficient (Wildman–Crippen LogP) is 3.84. The second-order valence-electron chi connectivity index (χ2n) is 9.07. The number of nitrogens with one attached hydrogen (secondary N) is 1. The van der Waals surface area contributed by atoms with Crippen LogP contribution in [-0.4, -0.2) is 64.9 Å². The molecule has 0 unspecified atom stereocenters. The molecule has 1 aliphatic heterocycles. The van der Waals surface area contributed by atoms with Crippen molar-refractivity contribution in [2.24, 2.45) is 5.92 Å². The van der Waals surface area contributed by atoms with Gasteiger partial charge in [0.15, 0.2) is 5.82 Å². The highest BCUT2D eigenvalue weighted by Gasteiger charge is 2.19. The average molecular weight is 528 g/mol. The molecular weight excluding hydrogens is 494 g/mol. The minimum atomic E-state index is -0.206. The standard InChI is InChI=1S/C25H34BrN7O/c1-4-9-31-11-13-32(14-12-31)18-20-6-5-7-21(15-20)25(34)30-33(10-8-19(2)3)24-22(26)17-28-23(16-27)29-24/h5-7,15,17,19H,4,8-14,18H2,1-3H3,(H,30,34). The number of piperazine rings is 1. The zero-order valence-electron chi connectivity index (χ0n) is 20.3. The van der Waals surface area contributed by atoms with Gasteiger partial charge in [0.05, 0.1) is 4.47 Å². The number of nitrogens with zero attached hydrogens (tertiary/aromatic N) is 6. The van der Waals surface area contributed by atoms with Crippen molar-refractivity contribution in [3.05, 3.63) is 51.9 Å². The summed E-state index contributed by atoms with van der Waals surface area (Å²) >= 11 is 3.46. The van der Waals surface area contributed by atoms with E-state index in [4.69, 9.17) is 0 Å². The van der Waals surface area contributed by atoms with Gasteiger partial charge in [0.1, 0.15) is 6.07 Å². The third kappa shape index (κ3) is 7.49. The Morgan fingerprint density at radius 2 is 2.00 bits per heavy atom. The Labute approximate surface area is 211 Å². The normalized spacial score (nSPS) is 14.7. The molecule has 0 bridgehead atoms. The van der Waals surface area contributed by atoms with Crippen LogP contribution >= 0.6 is 15.9 Å². The summed E-state index contributed by atoms with van der Waals surface area (Å²) in [4.78, 5) is 26.5. The molecule has 2 heterocycles. The lowest BCUT2D eigenvalue weighted by molar-refractivity contribution is 0.0947. The first kappa shape index (κ1) is 26.1. The maximum atomic E-state index is 13.2. The van der Waals surface area contributed by atoms with E-state index in [1.165, 1.54) is 12.6 Å². The Balaban J connectivity index is 1.70. The van der Waals surface area contributed by atoms with Crippen LogP contribution in [0.25, 0.3) is 0 Å². The van der Waals surface area contributed by atoms with Gasteiger partial charge in [-0.3, -0.25) is 20.1 Å². The number of amides is 1. The molecular formula is C25H34BrN7O. The lowest BCUT2D eigenvalue weighted by Crippen LogP contribution is -2.46. The first-order valence-electron chi connectivity index (χ1n) is 11.9. The van der Waals surface area contributed by atoms with Gasteiger partial charge >= 0.3 is 0 Å². The first-order chi connectivity index (χ1) is 16.4. The monoisotopic (exact) mass is 527 g/mol. The van der Waals surface area contributed by atoms with Crippen molar-refractivity contribution in [1.29, 1.82) is 5.26 Å². The number of halogens is 1. The van der Waals surface area contributed by atoms with Crippen molar-refractivity contribution in [2.75, 3.05) is 44.3 Å². The smallest absolute Gasteiger partial charge is 0.269 e. The van der Waals surface area contributed by atoms with Crippen LogP contribution in [0.2, 0.25) is 0 Å². The third-order valence-electron chi connectivity index (χ3n) is 5.85. The van der Waals surface area contributed by atoms with Crippen molar-refractivity contribution in [2.45, 2.75) is 40.2 Å². The van der Waals surface area contributed by atoms with E-state index < -0.39 is 0 Å². The van der Waals surface area contributed by atoms with Crippen molar-refractivity contribution < 1.29 is 4.79 Å². The van der Waals surface area contributed by atoms with Gasteiger partial charge in [-0.15, -0.1) is 0 Å². The third-order valence-corrected chi connectivity index (χ3v) is 6.41. The fourth-order valence-electron chi connectivity index (χ4n) is 3.95. The number of hydrogen-bond acceptors (Lipinski definition) is 7. The summed E-state index contributed by atoms with van der Waals surface area (Å²) in [6, 6.07) is 9.77. The summed E-state index contributed by atoms with van der Waals surface area (Å²) in [6.07, 6.45) is 3.58. The Morgan fingerprint density at radius 1 is 1.26 bits per heavy atom. The van der Waals surface area contributed by atoms with Gasteiger partial charge in [0.2, 0.25) is 5.82 Å². The van der Waals surface area contributed by atoms with Crippen molar-refractivity contribution >= 4 is 27.7 Å². The molecule has 1 fully saturated rings. The van der Waals surface area contributed by atoms with E-state index in [-0.39, 0.29) is 11.7 Å². The zero-order chi connectivity index (χ0) is 24.5. The van der Waals surface area contributed by atoms with E-state index in [2.05, 4.69) is 68.0 Å². The molecule has 9 heteroatoms. The second kappa shape index (κ2) is 12.8. The largest absolute Gasteiger partial charge is 0.301 e. The number of anilines is 1. The molecule has 1 saturated heterocycles. The molecule has 1 aliphatic rings. The van der Waals surface area contributed by atoms with E-state index in [9.17, 15) is 10.1 Å². The van der Waals surface area contributed by atoms with Crippen molar-refractivity contribution in [3.8, 4) is 6.07 Å². The van der Waals surface area contributed by atoms with Gasteiger partial charge in [0.25, 0.3) is 5.91 Å². The number of nitriles is 1. The minimum Gasteiger partial charge on any atom is -0.301 e. The quantitative estimate of drug-likeness (QED) is 0.469. The summed E-state index contributed by atoms with van der Waals surface area (Å²) < 4.78 is 0.617. The van der Waals surface area contributed by atoms with E-state index in [1.807, 2.05) is 24.3 Å². The molecule has 0 saturated carbocycles. The summed E-state index contributed by atoms with van der Waals surface area (Å²) in [7, 11) is 0. The van der Waals surface area contributed by atoms with E-state index >= 15 is 0 Å². The summed E-state index contributed by atoms with van der Waals surface area (Å²) in [5.41, 5.74) is 4.72. The highest BCUT2D eigenvalue weighted by molar-refractivity contribution is 9.10. The summed E-state index contributed by atoms with van der Waals surface area (Å²) in [6.45, 7) is 13.3. The zero-order valence-corrected chi connectivity index (χ0v) is 21.9. The molecule has 182 valence electrons. The molecule has 34 heavy (non-hydrogen) atoms. The first-order valence-corrected chi connectivity index (χ1v) is 12.7. The lowest BCUT2D eigenvalue weighted by atomic mass is 10.1. The maximum absolute atomic E-state index is 13.2. The Morgan fingerprint density at radius 3 is 2.68 bits per heavy atom. The summed E-state index contributed by atoms with van der Waals surface area (Å²) in [5.74, 6) is 0.767. The van der Waals surface area contributed by atoms with Gasteiger partial charge in [-0.05, 0) is 58.9 Å². The highest BCUT2D eigenvalue weighted by atomic mass is 79.9. The average Bonchev–Trinajstić information content (AvgIpc) is 2.83. The van der Waals surface area contributed by atoms with Crippen LogP contribution in [0.4, 0.5) is 5.82 Å². The van der Waals surface area contributed by atoms with Crippen LogP contribution < -0.4 is 10.4 Å². The fraction of sp³-hybridized carbons (Fsp3) is 0.520. The fourth-order valence-corrected chi connectivity index (χ4v) is 4.35. The van der Waals surface area contributed by atoms with Crippen molar-refractivity contribution in [1.82, 2.24) is 25.2 Å². The topological polar surface area (TPSA) is 88.4 Å². The molecule has 1 N–H and O–H groups in total. The molecule has 0 radical (unpaired) electrons. The van der Waals surface area contributed by atoms with Gasteiger partial charge in [-0.2, -0.15) is 10.2 Å². The van der Waals surface area contributed by atoms with E-state index in [0.29, 0.717) is 28.3 Å². The molecule has 1 amide bonds. The van der Waals surface area contributed by atoms with Crippen LogP contribution in [0, 0.1) is 17.2 Å². The molecule has 2 aromatic rings. The van der Waals surface area contributed by atoms with Crippen molar-refractivity contribution in [3.63, 3.8) is 0 Å². The SMILES string of the molecule is CCCN1CCN(Cc2cccc(C(=O)NN(CCC(C)C)c3nc(C#N)ncc3Br)c2)CC1. The number of hydrogen-bond donors (Lipinski definition) is 1. The Kier molecular flexibility index (Phi) is 9.81. The van der Waals surface area contributed by atoms with Crippen LogP contribution in [-0.2, 0) is 6.54 Å². The molecule has 1 aromatic carbocycles. The van der Waals surface area contributed by atoms with Gasteiger partial charge in [0, 0.05) is 51.0 Å². The van der Waals surface area contributed by atoms with Crippen LogP contribution in [0.15, 0.2) is 34.9 Å². The van der Waals surface area contributed by atoms with Gasteiger partial charge < -0.3 is 4.90 Å². The molecule has 3 rings (SSSR count). The molecule has 1 aromatic heterocycles. The van der Waals surface area contributed by atoms with Crippen LogP contribution in [0.1, 0.15) is 55.4 Å². The Hall–Kier alpha value is -2.54. The number of carbonyl (C=O) groups excluding carboxylic acids is 1. The number of rotatable bonds is 10. The lowest BCUT2D eigenvalue weighted by Gasteiger charge is -2.34. The Bertz CT molecular complexity index is 999. The number of carbonyl (C=O) groups is 1. The van der Waals surface area contributed by atoms with E-state index in [0.717, 1.165) is 51.3 Å². The maximum Gasteiger partial charge on any atom is 0.269 e. The van der Waals surface area contributed by atoms with Crippen LogP contribution in [0.5, 0.6) is 0 Å². The molecule has 0 spiro atoms. The second-order valence-corrected chi connectivity index (χ2v) is 9.92. The number of benzene rings is 1. The van der Waals surface area contributed by atoms with E-state index in [1.54, 1.807) is 5.01 Å². The molecule has 0 aliphatic carbocycles. The molecule has 0 atom stereocenters. The molecule has 8 nitrogen and oxygen atoms in total. The number of aromatic nitrogens is 2. The van der Waals surface area contributed by atoms with Gasteiger partial charge in [-0.25, -0.2) is 4.98 Å². The van der Waals surface area contributed by atoms with Crippen LogP contribution in [0.3, 0.4) is 0 Å². The predicted molar refractivity (Wildman–Crippen MR) is 137 cm³/mol. The highest BCUT2D eigenvalue weighted by Crippen LogP contribution is 2.23. The minimum absolute atomic E-state index is 0.0584. The summed E-state index contributed by atoms with van der Waals surface area (Å²) in [5, 5.41) is 10.9.